The first-order valence-electron chi connectivity index (χ1n) is 7.55. The van der Waals surface area contributed by atoms with Gasteiger partial charge >= 0.3 is 0 Å². The second-order valence-electron chi connectivity index (χ2n) is 5.82. The van der Waals surface area contributed by atoms with Gasteiger partial charge in [0.15, 0.2) is 9.84 Å². The number of hydrogen-bond acceptors (Lipinski definition) is 3. The lowest BCUT2D eigenvalue weighted by Gasteiger charge is -2.25. The Morgan fingerprint density at radius 1 is 1.20 bits per heavy atom. The van der Waals surface area contributed by atoms with Crippen LogP contribution < -0.4 is 5.32 Å². The lowest BCUT2D eigenvalue weighted by Crippen LogP contribution is -2.27. The van der Waals surface area contributed by atoms with Gasteiger partial charge in [-0.15, -0.1) is 0 Å². The molecule has 1 aromatic rings. The number of benzene rings is 1. The standard InChI is InChI=1S/C16H25NO2S/c1-3-12-17-16(13-6-4-5-7-13)14-8-10-15(11-9-14)20(2,18)19/h8-11,13,16-17H,3-7,12H2,1-2H3. The molecule has 0 aliphatic heterocycles. The SMILES string of the molecule is CCCNC(c1ccc(S(C)(=O)=O)cc1)C1CCCC1. The van der Waals surface area contributed by atoms with Crippen LogP contribution in [0, 0.1) is 5.92 Å². The molecule has 1 atom stereocenters. The van der Waals surface area contributed by atoms with Crippen LogP contribution in [-0.4, -0.2) is 21.2 Å². The number of hydrogen-bond donors (Lipinski definition) is 1. The van der Waals surface area contributed by atoms with Gasteiger partial charge in [-0.2, -0.15) is 0 Å². The van der Waals surface area contributed by atoms with Crippen molar-refractivity contribution in [2.75, 3.05) is 12.8 Å². The Labute approximate surface area is 122 Å². The van der Waals surface area contributed by atoms with Gasteiger partial charge in [0, 0.05) is 12.3 Å². The highest BCUT2D eigenvalue weighted by Crippen LogP contribution is 2.35. The summed E-state index contributed by atoms with van der Waals surface area (Å²) in [5.74, 6) is 0.686. The van der Waals surface area contributed by atoms with Crippen molar-refractivity contribution in [1.29, 1.82) is 0 Å². The van der Waals surface area contributed by atoms with Gasteiger partial charge in [-0.25, -0.2) is 8.42 Å². The number of sulfone groups is 1. The minimum Gasteiger partial charge on any atom is -0.310 e. The summed E-state index contributed by atoms with van der Waals surface area (Å²) in [6.45, 7) is 3.18. The van der Waals surface area contributed by atoms with Crippen molar-refractivity contribution in [2.45, 2.75) is 50.0 Å². The highest BCUT2D eigenvalue weighted by Gasteiger charge is 2.25. The second-order valence-corrected chi connectivity index (χ2v) is 7.83. The van der Waals surface area contributed by atoms with E-state index >= 15 is 0 Å². The molecule has 1 aliphatic carbocycles. The highest BCUT2D eigenvalue weighted by molar-refractivity contribution is 7.90. The molecule has 3 nitrogen and oxygen atoms in total. The molecule has 1 unspecified atom stereocenters. The molecule has 0 saturated heterocycles. The Morgan fingerprint density at radius 3 is 2.30 bits per heavy atom. The number of nitrogens with one attached hydrogen (secondary N) is 1. The third-order valence-corrected chi connectivity index (χ3v) is 5.28. The molecular formula is C16H25NO2S. The van der Waals surface area contributed by atoms with E-state index < -0.39 is 9.84 Å². The molecule has 0 bridgehead atoms. The summed E-state index contributed by atoms with van der Waals surface area (Å²) in [5, 5.41) is 3.64. The second kappa shape index (κ2) is 6.72. The molecule has 0 radical (unpaired) electrons. The van der Waals surface area contributed by atoms with Crippen molar-refractivity contribution in [3.05, 3.63) is 29.8 Å². The summed E-state index contributed by atoms with van der Waals surface area (Å²) in [7, 11) is -3.10. The summed E-state index contributed by atoms with van der Waals surface area (Å²) in [6.07, 6.45) is 7.55. The molecule has 1 aromatic carbocycles. The summed E-state index contributed by atoms with van der Waals surface area (Å²) in [6, 6.07) is 7.79. The van der Waals surface area contributed by atoms with Crippen LogP contribution in [0.3, 0.4) is 0 Å². The van der Waals surface area contributed by atoms with E-state index in [1.54, 1.807) is 12.1 Å². The Bertz CT molecular complexity index is 516. The van der Waals surface area contributed by atoms with Crippen LogP contribution in [0.5, 0.6) is 0 Å². The summed E-state index contributed by atoms with van der Waals surface area (Å²) in [4.78, 5) is 0.405. The fraction of sp³-hybridized carbons (Fsp3) is 0.625. The van der Waals surface area contributed by atoms with Crippen LogP contribution in [0.25, 0.3) is 0 Å². The first-order valence-corrected chi connectivity index (χ1v) is 9.45. The molecule has 4 heteroatoms. The van der Waals surface area contributed by atoms with Crippen LogP contribution in [0.1, 0.15) is 50.6 Å². The maximum absolute atomic E-state index is 11.5. The average Bonchev–Trinajstić information content (AvgIpc) is 2.93. The van der Waals surface area contributed by atoms with Gasteiger partial charge in [0.25, 0.3) is 0 Å². The van der Waals surface area contributed by atoms with Gasteiger partial charge in [0.2, 0.25) is 0 Å². The lowest BCUT2D eigenvalue weighted by molar-refractivity contribution is 0.368. The predicted molar refractivity (Wildman–Crippen MR) is 82.5 cm³/mol. The molecule has 0 spiro atoms. The third-order valence-electron chi connectivity index (χ3n) is 4.15. The van der Waals surface area contributed by atoms with Gasteiger partial charge in [0.05, 0.1) is 4.90 Å². The topological polar surface area (TPSA) is 46.2 Å². The first-order chi connectivity index (χ1) is 9.52. The zero-order valence-corrected chi connectivity index (χ0v) is 13.2. The minimum atomic E-state index is -3.10. The minimum absolute atomic E-state index is 0.367. The van der Waals surface area contributed by atoms with Gasteiger partial charge in [0.1, 0.15) is 0 Å². The van der Waals surface area contributed by atoms with Gasteiger partial charge in [-0.05, 0) is 49.4 Å². The monoisotopic (exact) mass is 295 g/mol. The van der Waals surface area contributed by atoms with Crippen molar-refractivity contribution < 1.29 is 8.42 Å². The molecular weight excluding hydrogens is 270 g/mol. The van der Waals surface area contributed by atoms with E-state index in [1.165, 1.54) is 37.5 Å². The van der Waals surface area contributed by atoms with E-state index in [9.17, 15) is 8.42 Å². The molecule has 112 valence electrons. The van der Waals surface area contributed by atoms with E-state index in [0.29, 0.717) is 16.9 Å². The quantitative estimate of drug-likeness (QED) is 0.875. The first kappa shape index (κ1) is 15.5. The van der Waals surface area contributed by atoms with E-state index in [1.807, 2.05) is 12.1 Å². The Hall–Kier alpha value is -0.870. The summed E-state index contributed by atoms with van der Waals surface area (Å²) >= 11 is 0. The Morgan fingerprint density at radius 2 is 1.80 bits per heavy atom. The third kappa shape index (κ3) is 3.83. The van der Waals surface area contributed by atoms with E-state index in [2.05, 4.69) is 12.2 Å². The predicted octanol–water partition coefficient (Wildman–Crippen LogP) is 3.32. The number of rotatable bonds is 6. The van der Waals surface area contributed by atoms with Crippen LogP contribution in [0.15, 0.2) is 29.2 Å². The fourth-order valence-corrected chi connectivity index (χ4v) is 3.70. The highest BCUT2D eigenvalue weighted by atomic mass is 32.2. The molecule has 1 N–H and O–H groups in total. The van der Waals surface area contributed by atoms with Crippen LogP contribution in [-0.2, 0) is 9.84 Å². The van der Waals surface area contributed by atoms with E-state index in [-0.39, 0.29) is 0 Å². The van der Waals surface area contributed by atoms with Crippen molar-refractivity contribution in [3.8, 4) is 0 Å². The Balaban J connectivity index is 2.19. The van der Waals surface area contributed by atoms with Gasteiger partial charge in [-0.1, -0.05) is 31.9 Å². The zero-order chi connectivity index (χ0) is 14.6. The molecule has 0 amide bonds. The smallest absolute Gasteiger partial charge is 0.175 e. The van der Waals surface area contributed by atoms with Crippen molar-refractivity contribution in [2.24, 2.45) is 5.92 Å². The van der Waals surface area contributed by atoms with Crippen LogP contribution >= 0.6 is 0 Å². The van der Waals surface area contributed by atoms with Crippen molar-refractivity contribution in [1.82, 2.24) is 5.32 Å². The molecule has 0 aromatic heterocycles. The normalized spacial score (nSPS) is 18.3. The molecule has 1 fully saturated rings. The molecule has 0 heterocycles. The van der Waals surface area contributed by atoms with Gasteiger partial charge in [-0.3, -0.25) is 0 Å². The zero-order valence-electron chi connectivity index (χ0n) is 12.4. The van der Waals surface area contributed by atoms with E-state index in [4.69, 9.17) is 0 Å². The maximum atomic E-state index is 11.5. The fourth-order valence-electron chi connectivity index (χ4n) is 3.07. The average molecular weight is 295 g/mol. The molecule has 2 rings (SSSR count). The Kier molecular flexibility index (Phi) is 5.22. The van der Waals surface area contributed by atoms with Crippen LogP contribution in [0.2, 0.25) is 0 Å². The largest absolute Gasteiger partial charge is 0.310 e. The molecule has 1 aliphatic rings. The van der Waals surface area contributed by atoms with Gasteiger partial charge < -0.3 is 5.32 Å². The van der Waals surface area contributed by atoms with E-state index in [0.717, 1.165) is 13.0 Å². The van der Waals surface area contributed by atoms with Crippen molar-refractivity contribution in [3.63, 3.8) is 0 Å². The van der Waals surface area contributed by atoms with Crippen molar-refractivity contribution >= 4 is 9.84 Å². The molecule has 20 heavy (non-hydrogen) atoms. The van der Waals surface area contributed by atoms with Crippen LogP contribution in [0.4, 0.5) is 0 Å². The summed E-state index contributed by atoms with van der Waals surface area (Å²) in [5.41, 5.74) is 1.22. The summed E-state index contributed by atoms with van der Waals surface area (Å²) < 4.78 is 23.1. The lowest BCUT2D eigenvalue weighted by atomic mass is 9.91. The molecule has 1 saturated carbocycles. The maximum Gasteiger partial charge on any atom is 0.175 e.